The third kappa shape index (κ3) is 3.56. The van der Waals surface area contributed by atoms with Crippen molar-refractivity contribution in [3.63, 3.8) is 0 Å². The number of carbonyl (C=O) groups is 2. The molecule has 3 rings (SSSR count). The van der Waals surface area contributed by atoms with Crippen LogP contribution >= 0.6 is 0 Å². The average Bonchev–Trinajstić information content (AvgIpc) is 2.89. The molecule has 27 heavy (non-hydrogen) atoms. The number of amides is 1. The van der Waals surface area contributed by atoms with Crippen LogP contribution in [0.5, 0.6) is 0 Å². The highest BCUT2D eigenvalue weighted by Crippen LogP contribution is 2.36. The maximum atomic E-state index is 13.2. The lowest BCUT2D eigenvalue weighted by Gasteiger charge is -2.19. The van der Waals surface area contributed by atoms with Gasteiger partial charge in [0.05, 0.1) is 17.8 Å². The Kier molecular flexibility index (Phi) is 5.26. The SMILES string of the molecule is CCOC(=O)C1=C(C)N(c2ccc(C)c(C)c2)C(=O)/C1=C\c1ccccc1. The molecule has 2 aromatic rings. The van der Waals surface area contributed by atoms with Crippen molar-refractivity contribution in [2.24, 2.45) is 0 Å². The maximum Gasteiger partial charge on any atom is 0.340 e. The summed E-state index contributed by atoms with van der Waals surface area (Å²) in [6.07, 6.45) is 1.75. The molecule has 0 fully saturated rings. The number of rotatable bonds is 4. The van der Waals surface area contributed by atoms with Gasteiger partial charge in [0.2, 0.25) is 0 Å². The molecule has 1 amide bonds. The molecule has 1 aliphatic rings. The number of benzene rings is 2. The second-order valence-electron chi connectivity index (χ2n) is 6.56. The van der Waals surface area contributed by atoms with Gasteiger partial charge >= 0.3 is 5.97 Å². The van der Waals surface area contributed by atoms with E-state index in [9.17, 15) is 9.59 Å². The Hall–Kier alpha value is -3.14. The minimum absolute atomic E-state index is 0.220. The topological polar surface area (TPSA) is 46.6 Å². The van der Waals surface area contributed by atoms with E-state index in [1.165, 1.54) is 0 Å². The van der Waals surface area contributed by atoms with Crippen LogP contribution in [0.3, 0.4) is 0 Å². The number of carbonyl (C=O) groups excluding carboxylic acids is 2. The second kappa shape index (κ2) is 7.62. The highest BCUT2D eigenvalue weighted by Gasteiger charge is 2.38. The molecule has 0 saturated heterocycles. The zero-order chi connectivity index (χ0) is 19.6. The summed E-state index contributed by atoms with van der Waals surface area (Å²) in [5, 5.41) is 0. The number of aryl methyl sites for hydroxylation is 2. The van der Waals surface area contributed by atoms with E-state index < -0.39 is 5.97 Å². The quantitative estimate of drug-likeness (QED) is 0.592. The summed E-state index contributed by atoms with van der Waals surface area (Å²) in [7, 11) is 0. The third-order valence-corrected chi connectivity index (χ3v) is 4.74. The monoisotopic (exact) mass is 361 g/mol. The van der Waals surface area contributed by atoms with Crippen LogP contribution in [-0.2, 0) is 14.3 Å². The summed E-state index contributed by atoms with van der Waals surface area (Å²) in [6, 6.07) is 15.3. The van der Waals surface area contributed by atoms with E-state index in [2.05, 4.69) is 0 Å². The Morgan fingerprint density at radius 3 is 2.37 bits per heavy atom. The van der Waals surface area contributed by atoms with Gasteiger partial charge in [-0.2, -0.15) is 0 Å². The van der Waals surface area contributed by atoms with Crippen molar-refractivity contribution in [1.29, 1.82) is 0 Å². The van der Waals surface area contributed by atoms with Crippen molar-refractivity contribution in [3.05, 3.63) is 82.1 Å². The number of hydrogen-bond donors (Lipinski definition) is 0. The van der Waals surface area contributed by atoms with E-state index in [0.717, 1.165) is 22.4 Å². The molecule has 4 heteroatoms. The third-order valence-electron chi connectivity index (χ3n) is 4.74. The van der Waals surface area contributed by atoms with Gasteiger partial charge in [0.1, 0.15) is 0 Å². The second-order valence-corrected chi connectivity index (χ2v) is 6.56. The van der Waals surface area contributed by atoms with Gasteiger partial charge in [-0.1, -0.05) is 36.4 Å². The van der Waals surface area contributed by atoms with Gasteiger partial charge in [-0.25, -0.2) is 4.79 Å². The van der Waals surface area contributed by atoms with Gasteiger partial charge in [-0.15, -0.1) is 0 Å². The van der Waals surface area contributed by atoms with Crippen LogP contribution in [0.1, 0.15) is 30.5 Å². The fraction of sp³-hybridized carbons (Fsp3) is 0.217. The zero-order valence-corrected chi connectivity index (χ0v) is 16.1. The van der Waals surface area contributed by atoms with Crippen molar-refractivity contribution >= 4 is 23.6 Å². The Labute approximate surface area is 159 Å². The van der Waals surface area contributed by atoms with Crippen molar-refractivity contribution in [2.75, 3.05) is 11.5 Å². The first kappa shape index (κ1) is 18.6. The molecule has 4 nitrogen and oxygen atoms in total. The lowest BCUT2D eigenvalue weighted by molar-refractivity contribution is -0.138. The molecule has 0 spiro atoms. The summed E-state index contributed by atoms with van der Waals surface area (Å²) in [5.74, 6) is -0.695. The van der Waals surface area contributed by atoms with Crippen LogP contribution in [0.15, 0.2) is 65.4 Å². The molecule has 0 radical (unpaired) electrons. The minimum Gasteiger partial charge on any atom is -0.462 e. The molecular formula is C23H23NO3. The lowest BCUT2D eigenvalue weighted by Crippen LogP contribution is -2.24. The standard InChI is InChI=1S/C23H23NO3/c1-5-27-23(26)21-17(4)24(19-12-11-15(2)16(3)13-19)22(25)20(21)14-18-9-7-6-8-10-18/h6-14H,5H2,1-4H3/b20-14-. The van der Waals surface area contributed by atoms with Gasteiger partial charge in [-0.05, 0) is 62.6 Å². The molecule has 0 aromatic heterocycles. The van der Waals surface area contributed by atoms with Crippen molar-refractivity contribution in [3.8, 4) is 0 Å². The van der Waals surface area contributed by atoms with E-state index in [-0.39, 0.29) is 12.5 Å². The van der Waals surface area contributed by atoms with Gasteiger partial charge in [0, 0.05) is 11.4 Å². The van der Waals surface area contributed by atoms with Gasteiger partial charge in [0.15, 0.2) is 0 Å². The van der Waals surface area contributed by atoms with E-state index in [1.54, 1.807) is 24.8 Å². The highest BCUT2D eigenvalue weighted by molar-refractivity contribution is 6.23. The van der Waals surface area contributed by atoms with E-state index >= 15 is 0 Å². The van der Waals surface area contributed by atoms with Crippen LogP contribution in [0.2, 0.25) is 0 Å². The number of ether oxygens (including phenoxy) is 1. The lowest BCUT2D eigenvalue weighted by atomic mass is 10.0. The van der Waals surface area contributed by atoms with E-state index in [0.29, 0.717) is 16.8 Å². The first-order valence-corrected chi connectivity index (χ1v) is 9.01. The van der Waals surface area contributed by atoms with Gasteiger partial charge < -0.3 is 4.74 Å². The fourth-order valence-electron chi connectivity index (χ4n) is 3.17. The van der Waals surface area contributed by atoms with Crippen molar-refractivity contribution in [2.45, 2.75) is 27.7 Å². The maximum absolute atomic E-state index is 13.2. The molecule has 1 aliphatic heterocycles. The molecule has 0 aliphatic carbocycles. The van der Waals surface area contributed by atoms with E-state index in [1.807, 2.05) is 62.4 Å². The smallest absolute Gasteiger partial charge is 0.340 e. The Balaban J connectivity index is 2.14. The van der Waals surface area contributed by atoms with Gasteiger partial charge in [0.25, 0.3) is 5.91 Å². The van der Waals surface area contributed by atoms with Crippen LogP contribution < -0.4 is 4.90 Å². The number of esters is 1. The van der Waals surface area contributed by atoms with E-state index in [4.69, 9.17) is 4.74 Å². The summed E-state index contributed by atoms with van der Waals surface area (Å²) >= 11 is 0. The summed E-state index contributed by atoms with van der Waals surface area (Å²) in [5.41, 5.74) is 5.11. The normalized spacial score (nSPS) is 15.6. The summed E-state index contributed by atoms with van der Waals surface area (Å²) < 4.78 is 5.22. The molecule has 0 N–H and O–H groups in total. The summed E-state index contributed by atoms with van der Waals surface area (Å²) in [6.45, 7) is 7.83. The molecule has 1 heterocycles. The minimum atomic E-state index is -0.475. The van der Waals surface area contributed by atoms with Gasteiger partial charge in [-0.3, -0.25) is 9.69 Å². The predicted molar refractivity (Wildman–Crippen MR) is 107 cm³/mol. The zero-order valence-electron chi connectivity index (χ0n) is 16.1. The molecular weight excluding hydrogens is 338 g/mol. The number of nitrogens with zero attached hydrogens (tertiary/aromatic N) is 1. The average molecular weight is 361 g/mol. The molecule has 2 aromatic carbocycles. The van der Waals surface area contributed by atoms with Crippen LogP contribution in [0.25, 0.3) is 6.08 Å². The number of hydrogen-bond acceptors (Lipinski definition) is 3. The van der Waals surface area contributed by atoms with Crippen molar-refractivity contribution < 1.29 is 14.3 Å². The Morgan fingerprint density at radius 1 is 1.04 bits per heavy atom. The van der Waals surface area contributed by atoms with Crippen LogP contribution in [0.4, 0.5) is 5.69 Å². The van der Waals surface area contributed by atoms with Crippen LogP contribution in [0, 0.1) is 13.8 Å². The predicted octanol–water partition coefficient (Wildman–Crippen LogP) is 4.57. The first-order valence-electron chi connectivity index (χ1n) is 9.01. The number of anilines is 1. The fourth-order valence-corrected chi connectivity index (χ4v) is 3.17. The Bertz CT molecular complexity index is 955. The first-order chi connectivity index (χ1) is 12.9. The highest BCUT2D eigenvalue weighted by atomic mass is 16.5. The largest absolute Gasteiger partial charge is 0.462 e. The molecule has 0 atom stereocenters. The molecule has 0 unspecified atom stereocenters. The number of allylic oxidation sites excluding steroid dienone is 1. The molecule has 0 saturated carbocycles. The molecule has 138 valence electrons. The summed E-state index contributed by atoms with van der Waals surface area (Å²) in [4.78, 5) is 27.4. The Morgan fingerprint density at radius 2 is 1.74 bits per heavy atom. The van der Waals surface area contributed by atoms with Crippen LogP contribution in [-0.4, -0.2) is 18.5 Å². The molecule has 0 bridgehead atoms. The van der Waals surface area contributed by atoms with Crippen molar-refractivity contribution in [1.82, 2.24) is 0 Å².